The predicted octanol–water partition coefficient (Wildman–Crippen LogP) is 2.49. The molecule has 3 aromatic rings. The molecule has 0 unspecified atom stereocenters. The molecule has 0 aliphatic rings. The van der Waals surface area contributed by atoms with E-state index in [2.05, 4.69) is 17.4 Å². The van der Waals surface area contributed by atoms with Crippen LogP contribution in [0, 0.1) is 0 Å². The third kappa shape index (κ3) is 2.09. The van der Waals surface area contributed by atoms with Crippen LogP contribution in [0.5, 0.6) is 0 Å². The van der Waals surface area contributed by atoms with E-state index in [0.717, 1.165) is 28.8 Å². The third-order valence-electron chi connectivity index (χ3n) is 3.61. The van der Waals surface area contributed by atoms with E-state index in [9.17, 15) is 4.79 Å². The van der Waals surface area contributed by atoms with Gasteiger partial charge in [0.1, 0.15) is 0 Å². The molecule has 1 aromatic heterocycles. The van der Waals surface area contributed by atoms with Crippen molar-refractivity contribution in [3.05, 3.63) is 64.6 Å². The van der Waals surface area contributed by atoms with E-state index in [1.54, 1.807) is 23.2 Å². The molecular weight excluding hydrogens is 250 g/mol. The summed E-state index contributed by atoms with van der Waals surface area (Å²) in [5.74, 6) is 0. The highest BCUT2D eigenvalue weighted by molar-refractivity contribution is 5.76. The summed E-state index contributed by atoms with van der Waals surface area (Å²) in [5.41, 5.74) is 4.18. The molecule has 0 radical (unpaired) electrons. The van der Waals surface area contributed by atoms with E-state index >= 15 is 0 Å². The van der Waals surface area contributed by atoms with Gasteiger partial charge in [-0.1, -0.05) is 24.3 Å². The highest BCUT2D eigenvalue weighted by Crippen LogP contribution is 2.15. The number of hydrogen-bond acceptors (Lipinski definition) is 2. The Bertz CT molecular complexity index is 800. The van der Waals surface area contributed by atoms with Crippen LogP contribution >= 0.6 is 0 Å². The number of benzene rings is 2. The summed E-state index contributed by atoms with van der Waals surface area (Å²) >= 11 is 0. The minimum absolute atomic E-state index is 0.00756. The molecule has 4 heteroatoms. The minimum Gasteiger partial charge on any atom is -0.381 e. The summed E-state index contributed by atoms with van der Waals surface area (Å²) in [6, 6.07) is 16.2. The van der Waals surface area contributed by atoms with Gasteiger partial charge in [0.25, 0.3) is 0 Å². The summed E-state index contributed by atoms with van der Waals surface area (Å²) in [6.07, 6.45) is 0. The Kier molecular flexibility index (Phi) is 3.06. The van der Waals surface area contributed by atoms with Crippen LogP contribution in [-0.4, -0.2) is 9.13 Å². The Morgan fingerprint density at radius 3 is 2.40 bits per heavy atom. The summed E-state index contributed by atoms with van der Waals surface area (Å²) < 4.78 is 3.35. The standard InChI is InChI=1S/C16H17N3O/c1-18-14-9-8-12(10-15(14)19(2)16(18)20)11-17-13-6-4-3-5-7-13/h3-10,17H,11H2,1-2H3. The lowest BCUT2D eigenvalue weighted by Gasteiger charge is -2.07. The van der Waals surface area contributed by atoms with Crippen LogP contribution in [0.25, 0.3) is 11.0 Å². The lowest BCUT2D eigenvalue weighted by atomic mass is 10.2. The van der Waals surface area contributed by atoms with E-state index < -0.39 is 0 Å². The SMILES string of the molecule is Cn1c(=O)n(C)c2cc(CNc3ccccc3)ccc21. The number of rotatable bonds is 3. The Labute approximate surface area is 117 Å². The first-order valence-corrected chi connectivity index (χ1v) is 6.60. The molecule has 0 saturated carbocycles. The number of aromatic nitrogens is 2. The first kappa shape index (κ1) is 12.5. The number of fused-ring (bicyclic) bond motifs is 1. The summed E-state index contributed by atoms with van der Waals surface area (Å²) in [4.78, 5) is 11.9. The molecule has 0 saturated heterocycles. The second-order valence-corrected chi connectivity index (χ2v) is 4.94. The van der Waals surface area contributed by atoms with Crippen molar-refractivity contribution in [2.75, 3.05) is 5.32 Å². The van der Waals surface area contributed by atoms with Crippen LogP contribution in [0.3, 0.4) is 0 Å². The number of aryl methyl sites for hydroxylation is 2. The topological polar surface area (TPSA) is 39.0 Å². The zero-order chi connectivity index (χ0) is 14.1. The highest BCUT2D eigenvalue weighted by atomic mass is 16.1. The number of nitrogens with one attached hydrogen (secondary N) is 1. The lowest BCUT2D eigenvalue weighted by molar-refractivity contribution is 0.795. The molecule has 0 aliphatic heterocycles. The number of hydrogen-bond donors (Lipinski definition) is 1. The van der Waals surface area contributed by atoms with Gasteiger partial charge in [-0.05, 0) is 29.8 Å². The predicted molar refractivity (Wildman–Crippen MR) is 81.9 cm³/mol. The highest BCUT2D eigenvalue weighted by Gasteiger charge is 2.07. The summed E-state index contributed by atoms with van der Waals surface area (Å²) in [6.45, 7) is 0.739. The largest absolute Gasteiger partial charge is 0.381 e. The molecule has 1 N–H and O–H groups in total. The number of anilines is 1. The van der Waals surface area contributed by atoms with Crippen molar-refractivity contribution in [2.45, 2.75) is 6.54 Å². The number of nitrogens with zero attached hydrogens (tertiary/aromatic N) is 2. The van der Waals surface area contributed by atoms with Gasteiger partial charge in [0.2, 0.25) is 0 Å². The molecule has 102 valence electrons. The monoisotopic (exact) mass is 267 g/mol. The second-order valence-electron chi connectivity index (χ2n) is 4.94. The molecule has 0 bridgehead atoms. The number of para-hydroxylation sites is 1. The maximum atomic E-state index is 11.9. The van der Waals surface area contributed by atoms with Gasteiger partial charge >= 0.3 is 5.69 Å². The van der Waals surface area contributed by atoms with Crippen molar-refractivity contribution in [1.82, 2.24) is 9.13 Å². The van der Waals surface area contributed by atoms with E-state index in [4.69, 9.17) is 0 Å². The van der Waals surface area contributed by atoms with Gasteiger partial charge in [-0.2, -0.15) is 0 Å². The zero-order valence-corrected chi connectivity index (χ0v) is 11.6. The third-order valence-corrected chi connectivity index (χ3v) is 3.61. The fraction of sp³-hybridized carbons (Fsp3) is 0.188. The summed E-state index contributed by atoms with van der Waals surface area (Å²) in [5, 5.41) is 3.37. The van der Waals surface area contributed by atoms with Crippen LogP contribution < -0.4 is 11.0 Å². The Balaban J connectivity index is 1.90. The molecular formula is C16H17N3O. The number of imidazole rings is 1. The van der Waals surface area contributed by atoms with Crippen LogP contribution in [-0.2, 0) is 20.6 Å². The van der Waals surface area contributed by atoms with E-state index in [-0.39, 0.29) is 5.69 Å². The average Bonchev–Trinajstić information content (AvgIpc) is 2.71. The van der Waals surface area contributed by atoms with Crippen LogP contribution in [0.4, 0.5) is 5.69 Å². The van der Waals surface area contributed by atoms with Crippen LogP contribution in [0.2, 0.25) is 0 Å². The van der Waals surface area contributed by atoms with E-state index in [0.29, 0.717) is 0 Å². The fourth-order valence-corrected chi connectivity index (χ4v) is 2.42. The van der Waals surface area contributed by atoms with Gasteiger partial charge in [0.15, 0.2) is 0 Å². The smallest absolute Gasteiger partial charge is 0.328 e. The van der Waals surface area contributed by atoms with Crippen LogP contribution in [0.15, 0.2) is 53.3 Å². The van der Waals surface area contributed by atoms with Crippen molar-refractivity contribution in [3.63, 3.8) is 0 Å². The van der Waals surface area contributed by atoms with E-state index in [1.807, 2.05) is 36.4 Å². The Morgan fingerprint density at radius 2 is 1.65 bits per heavy atom. The quantitative estimate of drug-likeness (QED) is 0.792. The molecule has 0 fully saturated rings. The van der Waals surface area contributed by atoms with Crippen molar-refractivity contribution in [3.8, 4) is 0 Å². The molecule has 0 atom stereocenters. The van der Waals surface area contributed by atoms with Gasteiger partial charge in [-0.3, -0.25) is 9.13 Å². The molecule has 0 aliphatic carbocycles. The zero-order valence-electron chi connectivity index (χ0n) is 11.6. The normalized spacial score (nSPS) is 10.9. The van der Waals surface area contributed by atoms with Crippen molar-refractivity contribution >= 4 is 16.7 Å². The van der Waals surface area contributed by atoms with Gasteiger partial charge in [0, 0.05) is 26.3 Å². The molecule has 0 spiro atoms. The molecule has 3 rings (SSSR count). The molecule has 2 aromatic carbocycles. The Morgan fingerprint density at radius 1 is 0.950 bits per heavy atom. The minimum atomic E-state index is 0.00756. The van der Waals surface area contributed by atoms with Crippen molar-refractivity contribution in [2.24, 2.45) is 14.1 Å². The molecule has 4 nitrogen and oxygen atoms in total. The van der Waals surface area contributed by atoms with Gasteiger partial charge < -0.3 is 5.32 Å². The maximum absolute atomic E-state index is 11.9. The maximum Gasteiger partial charge on any atom is 0.328 e. The molecule has 1 heterocycles. The van der Waals surface area contributed by atoms with Crippen molar-refractivity contribution in [1.29, 1.82) is 0 Å². The van der Waals surface area contributed by atoms with Gasteiger partial charge in [0.05, 0.1) is 11.0 Å². The van der Waals surface area contributed by atoms with Crippen LogP contribution in [0.1, 0.15) is 5.56 Å². The van der Waals surface area contributed by atoms with Gasteiger partial charge in [-0.25, -0.2) is 4.79 Å². The van der Waals surface area contributed by atoms with E-state index in [1.165, 1.54) is 0 Å². The fourth-order valence-electron chi connectivity index (χ4n) is 2.42. The molecule has 0 amide bonds. The van der Waals surface area contributed by atoms with Crippen molar-refractivity contribution < 1.29 is 0 Å². The lowest BCUT2D eigenvalue weighted by Crippen LogP contribution is -2.19. The second kappa shape index (κ2) is 4.89. The Hall–Kier alpha value is -2.49. The average molecular weight is 267 g/mol. The first-order valence-electron chi connectivity index (χ1n) is 6.60. The van der Waals surface area contributed by atoms with Gasteiger partial charge in [-0.15, -0.1) is 0 Å². The first-order chi connectivity index (χ1) is 9.66. The molecule has 20 heavy (non-hydrogen) atoms. The summed E-state index contributed by atoms with van der Waals surface area (Å²) in [7, 11) is 3.60.